The molecule has 0 aliphatic rings. The normalized spacial score (nSPS) is 12.3. The SMILES string of the molecule is COC(=O)CC(C)SCc1cccc2ccccc12. The number of ether oxygens (including phenoxy) is 1. The predicted octanol–water partition coefficient (Wildman–Crippen LogP) is 4.02. The first-order valence-corrected chi connectivity index (χ1v) is 7.40. The molecule has 0 radical (unpaired) electrons. The highest BCUT2D eigenvalue weighted by molar-refractivity contribution is 7.99. The Morgan fingerprint density at radius 1 is 1.21 bits per heavy atom. The summed E-state index contributed by atoms with van der Waals surface area (Å²) in [7, 11) is 1.43. The van der Waals surface area contributed by atoms with Crippen LogP contribution in [0.2, 0.25) is 0 Å². The van der Waals surface area contributed by atoms with Gasteiger partial charge in [-0.2, -0.15) is 11.8 Å². The fourth-order valence-corrected chi connectivity index (χ4v) is 3.00. The molecule has 0 aliphatic heterocycles. The summed E-state index contributed by atoms with van der Waals surface area (Å²) in [6.45, 7) is 2.06. The Morgan fingerprint density at radius 3 is 2.74 bits per heavy atom. The van der Waals surface area contributed by atoms with Gasteiger partial charge in [0.2, 0.25) is 0 Å². The fourth-order valence-electron chi connectivity index (χ4n) is 2.03. The van der Waals surface area contributed by atoms with Crippen LogP contribution in [0.1, 0.15) is 18.9 Å². The molecule has 0 heterocycles. The smallest absolute Gasteiger partial charge is 0.306 e. The largest absolute Gasteiger partial charge is 0.469 e. The van der Waals surface area contributed by atoms with E-state index in [1.54, 1.807) is 11.8 Å². The van der Waals surface area contributed by atoms with Crippen molar-refractivity contribution in [1.29, 1.82) is 0 Å². The summed E-state index contributed by atoms with van der Waals surface area (Å²) in [6.07, 6.45) is 0.464. The minimum atomic E-state index is -0.141. The minimum Gasteiger partial charge on any atom is -0.469 e. The van der Waals surface area contributed by atoms with Crippen LogP contribution in [-0.4, -0.2) is 18.3 Å². The van der Waals surface area contributed by atoms with Crippen LogP contribution in [0.3, 0.4) is 0 Å². The number of thioether (sulfide) groups is 1. The lowest BCUT2D eigenvalue weighted by atomic mass is 10.1. The molecule has 2 aromatic carbocycles. The Hall–Kier alpha value is -1.48. The lowest BCUT2D eigenvalue weighted by molar-refractivity contribution is -0.140. The third-order valence-corrected chi connectivity index (χ3v) is 4.30. The van der Waals surface area contributed by atoms with Gasteiger partial charge in [-0.25, -0.2) is 0 Å². The van der Waals surface area contributed by atoms with Gasteiger partial charge in [0.25, 0.3) is 0 Å². The first-order valence-electron chi connectivity index (χ1n) is 6.35. The molecule has 0 N–H and O–H groups in total. The maximum absolute atomic E-state index is 11.2. The van der Waals surface area contributed by atoms with E-state index in [2.05, 4.69) is 49.4 Å². The van der Waals surface area contributed by atoms with Crippen molar-refractivity contribution in [3.8, 4) is 0 Å². The topological polar surface area (TPSA) is 26.3 Å². The summed E-state index contributed by atoms with van der Waals surface area (Å²) < 4.78 is 4.69. The van der Waals surface area contributed by atoms with Gasteiger partial charge in [0.05, 0.1) is 13.5 Å². The standard InChI is InChI=1S/C16H18O2S/c1-12(10-16(17)18-2)19-11-14-8-5-7-13-6-3-4-9-15(13)14/h3-9,12H,10-11H2,1-2H3. The lowest BCUT2D eigenvalue weighted by Gasteiger charge is -2.11. The Balaban J connectivity index is 2.04. The highest BCUT2D eigenvalue weighted by atomic mass is 32.2. The number of carbonyl (C=O) groups excluding carboxylic acids is 1. The van der Waals surface area contributed by atoms with Crippen LogP contribution in [-0.2, 0) is 15.3 Å². The molecule has 0 aliphatic carbocycles. The van der Waals surface area contributed by atoms with Crippen LogP contribution in [0.25, 0.3) is 10.8 Å². The molecule has 1 atom stereocenters. The van der Waals surface area contributed by atoms with Gasteiger partial charge in [0, 0.05) is 11.0 Å². The molecule has 0 saturated heterocycles. The van der Waals surface area contributed by atoms with E-state index < -0.39 is 0 Å². The predicted molar refractivity (Wildman–Crippen MR) is 81.3 cm³/mol. The van der Waals surface area contributed by atoms with E-state index >= 15 is 0 Å². The van der Waals surface area contributed by atoms with E-state index in [0.29, 0.717) is 6.42 Å². The van der Waals surface area contributed by atoms with Crippen molar-refractivity contribution in [2.45, 2.75) is 24.3 Å². The van der Waals surface area contributed by atoms with Crippen molar-refractivity contribution < 1.29 is 9.53 Å². The zero-order valence-electron chi connectivity index (χ0n) is 11.3. The summed E-state index contributed by atoms with van der Waals surface area (Å²) >= 11 is 1.79. The van der Waals surface area contributed by atoms with Crippen LogP contribution in [0.4, 0.5) is 0 Å². The van der Waals surface area contributed by atoms with E-state index in [4.69, 9.17) is 4.74 Å². The molecule has 0 saturated carbocycles. The van der Waals surface area contributed by atoms with Gasteiger partial charge in [-0.3, -0.25) is 4.79 Å². The van der Waals surface area contributed by atoms with Gasteiger partial charge < -0.3 is 4.74 Å². The first kappa shape index (κ1) is 13.9. The molecule has 19 heavy (non-hydrogen) atoms. The van der Waals surface area contributed by atoms with Crippen LogP contribution in [0.5, 0.6) is 0 Å². The maximum atomic E-state index is 11.2. The van der Waals surface area contributed by atoms with Crippen molar-refractivity contribution in [3.63, 3.8) is 0 Å². The summed E-state index contributed by atoms with van der Waals surface area (Å²) in [5.41, 5.74) is 1.32. The highest BCUT2D eigenvalue weighted by Gasteiger charge is 2.10. The van der Waals surface area contributed by atoms with Crippen LogP contribution in [0, 0.1) is 0 Å². The molecule has 2 nitrogen and oxygen atoms in total. The third kappa shape index (κ3) is 3.74. The van der Waals surface area contributed by atoms with Crippen LogP contribution >= 0.6 is 11.8 Å². The fraction of sp³-hybridized carbons (Fsp3) is 0.312. The monoisotopic (exact) mass is 274 g/mol. The molecule has 0 fully saturated rings. The van der Waals surface area contributed by atoms with Gasteiger partial charge >= 0.3 is 5.97 Å². The van der Waals surface area contributed by atoms with Crippen LogP contribution < -0.4 is 0 Å². The number of rotatable bonds is 5. The van der Waals surface area contributed by atoms with Gasteiger partial charge in [-0.05, 0) is 16.3 Å². The average molecular weight is 274 g/mol. The van der Waals surface area contributed by atoms with E-state index in [0.717, 1.165) is 5.75 Å². The van der Waals surface area contributed by atoms with Crippen molar-refractivity contribution >= 4 is 28.5 Å². The van der Waals surface area contributed by atoms with Crippen molar-refractivity contribution in [2.75, 3.05) is 7.11 Å². The highest BCUT2D eigenvalue weighted by Crippen LogP contribution is 2.25. The second kappa shape index (κ2) is 6.62. The first-order chi connectivity index (χ1) is 9.20. The van der Waals surface area contributed by atoms with E-state index in [1.807, 2.05) is 0 Å². The number of carbonyl (C=O) groups is 1. The van der Waals surface area contributed by atoms with Gasteiger partial charge in [-0.15, -0.1) is 0 Å². The number of methoxy groups -OCH3 is 1. The molecule has 3 heteroatoms. The van der Waals surface area contributed by atoms with Crippen LogP contribution in [0.15, 0.2) is 42.5 Å². The molecule has 1 unspecified atom stereocenters. The molecular weight excluding hydrogens is 256 g/mol. The molecule has 2 aromatic rings. The van der Waals surface area contributed by atoms with E-state index in [9.17, 15) is 4.79 Å². The van der Waals surface area contributed by atoms with Crippen molar-refractivity contribution in [1.82, 2.24) is 0 Å². The Labute approximate surface area is 118 Å². The molecule has 0 spiro atoms. The third-order valence-electron chi connectivity index (χ3n) is 3.09. The van der Waals surface area contributed by atoms with Crippen molar-refractivity contribution in [3.05, 3.63) is 48.0 Å². The molecule has 0 amide bonds. The molecular formula is C16H18O2S. The molecule has 0 aromatic heterocycles. The van der Waals surface area contributed by atoms with Crippen molar-refractivity contribution in [2.24, 2.45) is 0 Å². The molecule has 0 bridgehead atoms. The zero-order valence-corrected chi connectivity index (χ0v) is 12.1. The Kier molecular flexibility index (Phi) is 4.86. The van der Waals surface area contributed by atoms with Gasteiger partial charge in [0.15, 0.2) is 0 Å². The summed E-state index contributed by atoms with van der Waals surface area (Å²) in [6, 6.07) is 14.8. The summed E-state index contributed by atoms with van der Waals surface area (Å²) in [4.78, 5) is 11.2. The number of benzene rings is 2. The van der Waals surface area contributed by atoms with E-state index in [-0.39, 0.29) is 11.2 Å². The number of hydrogen-bond donors (Lipinski definition) is 0. The zero-order chi connectivity index (χ0) is 13.7. The average Bonchev–Trinajstić information content (AvgIpc) is 2.44. The number of hydrogen-bond acceptors (Lipinski definition) is 3. The lowest BCUT2D eigenvalue weighted by Crippen LogP contribution is -2.08. The van der Waals surface area contributed by atoms with E-state index in [1.165, 1.54) is 23.4 Å². The number of fused-ring (bicyclic) bond motifs is 1. The Bertz CT molecular complexity index is 560. The molecule has 2 rings (SSSR count). The number of esters is 1. The quantitative estimate of drug-likeness (QED) is 0.770. The summed E-state index contributed by atoms with van der Waals surface area (Å²) in [5.74, 6) is 0.775. The summed E-state index contributed by atoms with van der Waals surface area (Å²) in [5, 5.41) is 2.83. The second-order valence-corrected chi connectivity index (χ2v) is 5.97. The molecule has 100 valence electrons. The maximum Gasteiger partial charge on any atom is 0.306 e. The Morgan fingerprint density at radius 2 is 1.95 bits per heavy atom. The second-order valence-electron chi connectivity index (χ2n) is 4.54. The van der Waals surface area contributed by atoms with Gasteiger partial charge in [-0.1, -0.05) is 49.4 Å². The minimum absolute atomic E-state index is 0.141. The van der Waals surface area contributed by atoms with Gasteiger partial charge in [0.1, 0.15) is 0 Å².